The van der Waals surface area contributed by atoms with Crippen molar-refractivity contribution in [1.82, 2.24) is 4.90 Å². The van der Waals surface area contributed by atoms with Gasteiger partial charge in [0.25, 0.3) is 5.91 Å². The van der Waals surface area contributed by atoms with E-state index in [4.69, 9.17) is 0 Å². The molecule has 0 aliphatic carbocycles. The van der Waals surface area contributed by atoms with Gasteiger partial charge in [-0.1, -0.05) is 15.9 Å². The highest BCUT2D eigenvalue weighted by Gasteiger charge is 2.29. The van der Waals surface area contributed by atoms with Gasteiger partial charge in [-0.3, -0.25) is 14.5 Å². The van der Waals surface area contributed by atoms with Gasteiger partial charge in [0.2, 0.25) is 5.91 Å². The number of amides is 2. The lowest BCUT2D eigenvalue weighted by Crippen LogP contribution is -2.39. The van der Waals surface area contributed by atoms with E-state index in [1.807, 2.05) is 0 Å². The number of benzene rings is 1. The first-order chi connectivity index (χ1) is 7.00. The SMILES string of the molecule is CN1C(=O)Cc2c(Br)cc(F)cc2C1=O. The third-order valence-corrected chi connectivity index (χ3v) is 3.10. The largest absolute Gasteiger partial charge is 0.281 e. The number of likely N-dealkylation sites (N-methyl/N-ethyl adjacent to an activating group) is 1. The second-order valence-electron chi connectivity index (χ2n) is 3.35. The molecule has 0 saturated carbocycles. The fourth-order valence-electron chi connectivity index (χ4n) is 1.54. The van der Waals surface area contributed by atoms with Crippen molar-refractivity contribution < 1.29 is 14.0 Å². The van der Waals surface area contributed by atoms with Crippen molar-refractivity contribution in [2.75, 3.05) is 7.05 Å². The van der Waals surface area contributed by atoms with Gasteiger partial charge in [0, 0.05) is 17.1 Å². The molecule has 0 saturated heterocycles. The number of hydrogen-bond acceptors (Lipinski definition) is 2. The monoisotopic (exact) mass is 271 g/mol. The normalized spacial score (nSPS) is 15.5. The molecule has 2 rings (SSSR count). The summed E-state index contributed by atoms with van der Waals surface area (Å²) < 4.78 is 13.5. The van der Waals surface area contributed by atoms with E-state index in [-0.39, 0.29) is 17.9 Å². The van der Waals surface area contributed by atoms with E-state index < -0.39 is 11.7 Å². The zero-order chi connectivity index (χ0) is 11.2. The van der Waals surface area contributed by atoms with Crippen LogP contribution in [0.1, 0.15) is 15.9 Å². The van der Waals surface area contributed by atoms with Crippen LogP contribution in [0, 0.1) is 5.82 Å². The van der Waals surface area contributed by atoms with E-state index in [0.29, 0.717) is 10.0 Å². The number of fused-ring (bicyclic) bond motifs is 1. The molecule has 1 aromatic rings. The Labute approximate surface area is 94.0 Å². The van der Waals surface area contributed by atoms with Crippen LogP contribution in [-0.2, 0) is 11.2 Å². The molecule has 0 fully saturated rings. The fourth-order valence-corrected chi connectivity index (χ4v) is 2.11. The van der Waals surface area contributed by atoms with Crippen LogP contribution < -0.4 is 0 Å². The van der Waals surface area contributed by atoms with Crippen molar-refractivity contribution in [2.24, 2.45) is 0 Å². The van der Waals surface area contributed by atoms with Gasteiger partial charge in [-0.25, -0.2) is 4.39 Å². The topological polar surface area (TPSA) is 37.4 Å². The molecule has 0 aromatic heterocycles. The van der Waals surface area contributed by atoms with Crippen LogP contribution in [0.25, 0.3) is 0 Å². The Bertz CT molecular complexity index is 473. The van der Waals surface area contributed by atoms with E-state index in [1.165, 1.54) is 13.1 Å². The quantitative estimate of drug-likeness (QED) is 0.675. The van der Waals surface area contributed by atoms with Gasteiger partial charge in [0.05, 0.1) is 6.42 Å². The van der Waals surface area contributed by atoms with Crippen molar-refractivity contribution in [1.29, 1.82) is 0 Å². The molecule has 15 heavy (non-hydrogen) atoms. The Morgan fingerprint density at radius 3 is 2.73 bits per heavy atom. The third-order valence-electron chi connectivity index (χ3n) is 2.40. The smallest absolute Gasteiger partial charge is 0.260 e. The van der Waals surface area contributed by atoms with Crippen LogP contribution in [-0.4, -0.2) is 23.8 Å². The van der Waals surface area contributed by atoms with Gasteiger partial charge < -0.3 is 0 Å². The molecule has 1 aliphatic heterocycles. The van der Waals surface area contributed by atoms with Crippen LogP contribution >= 0.6 is 15.9 Å². The molecule has 2 amide bonds. The second-order valence-corrected chi connectivity index (χ2v) is 4.20. The van der Waals surface area contributed by atoms with Crippen molar-refractivity contribution in [3.8, 4) is 0 Å². The maximum atomic E-state index is 13.1. The molecule has 0 spiro atoms. The predicted octanol–water partition coefficient (Wildman–Crippen LogP) is 1.74. The summed E-state index contributed by atoms with van der Waals surface area (Å²) >= 11 is 3.14. The highest BCUT2D eigenvalue weighted by molar-refractivity contribution is 9.10. The Balaban J connectivity index is 2.65. The Hall–Kier alpha value is -1.23. The van der Waals surface area contributed by atoms with Crippen LogP contribution in [0.5, 0.6) is 0 Å². The zero-order valence-corrected chi connectivity index (χ0v) is 9.47. The molecule has 1 heterocycles. The molecule has 0 atom stereocenters. The number of carbonyl (C=O) groups excluding carboxylic acids is 2. The number of nitrogens with zero attached hydrogens (tertiary/aromatic N) is 1. The average Bonchev–Trinajstić information content (AvgIpc) is 2.17. The molecule has 0 bridgehead atoms. The predicted molar refractivity (Wildman–Crippen MR) is 54.9 cm³/mol. The first-order valence-corrected chi connectivity index (χ1v) is 5.09. The second kappa shape index (κ2) is 3.41. The first-order valence-electron chi connectivity index (χ1n) is 4.29. The summed E-state index contributed by atoms with van der Waals surface area (Å²) in [5, 5.41) is 0. The highest BCUT2D eigenvalue weighted by atomic mass is 79.9. The van der Waals surface area contributed by atoms with E-state index in [2.05, 4.69) is 15.9 Å². The van der Waals surface area contributed by atoms with E-state index >= 15 is 0 Å². The molecule has 78 valence electrons. The summed E-state index contributed by atoms with van der Waals surface area (Å²) in [6.07, 6.45) is 0.123. The zero-order valence-electron chi connectivity index (χ0n) is 7.88. The van der Waals surface area contributed by atoms with E-state index in [1.54, 1.807) is 0 Å². The summed E-state index contributed by atoms with van der Waals surface area (Å²) in [6, 6.07) is 2.41. The van der Waals surface area contributed by atoms with Gasteiger partial charge in [-0.2, -0.15) is 0 Å². The van der Waals surface area contributed by atoms with Crippen LogP contribution in [0.3, 0.4) is 0 Å². The number of halogens is 2. The van der Waals surface area contributed by atoms with Crippen LogP contribution in [0.2, 0.25) is 0 Å². The minimum absolute atomic E-state index is 0.123. The van der Waals surface area contributed by atoms with E-state index in [9.17, 15) is 14.0 Å². The Kier molecular flexibility index (Phi) is 2.34. The molecule has 0 N–H and O–H groups in total. The number of carbonyl (C=O) groups is 2. The molecule has 1 aromatic carbocycles. The molecule has 5 heteroatoms. The molecular formula is C10H7BrFNO2. The molecule has 1 aliphatic rings. The lowest BCUT2D eigenvalue weighted by molar-refractivity contribution is -0.127. The first kappa shape index (κ1) is 10.3. The number of rotatable bonds is 0. The van der Waals surface area contributed by atoms with Crippen LogP contribution in [0.4, 0.5) is 4.39 Å². The van der Waals surface area contributed by atoms with Crippen molar-refractivity contribution in [3.05, 3.63) is 33.5 Å². The lowest BCUT2D eigenvalue weighted by Gasteiger charge is -2.23. The summed E-state index contributed by atoms with van der Waals surface area (Å²) in [5.74, 6) is -1.22. The van der Waals surface area contributed by atoms with Crippen molar-refractivity contribution in [3.63, 3.8) is 0 Å². The number of hydrogen-bond donors (Lipinski definition) is 0. The summed E-state index contributed by atoms with van der Waals surface area (Å²) in [6.45, 7) is 0. The molecule has 0 unspecified atom stereocenters. The molecular weight excluding hydrogens is 265 g/mol. The molecule has 3 nitrogen and oxygen atoms in total. The van der Waals surface area contributed by atoms with Crippen molar-refractivity contribution in [2.45, 2.75) is 6.42 Å². The number of imide groups is 1. The van der Waals surface area contributed by atoms with Crippen LogP contribution in [0.15, 0.2) is 16.6 Å². The van der Waals surface area contributed by atoms with Gasteiger partial charge in [0.15, 0.2) is 0 Å². The highest BCUT2D eigenvalue weighted by Crippen LogP contribution is 2.27. The Morgan fingerprint density at radius 1 is 1.40 bits per heavy atom. The minimum atomic E-state index is -0.489. The van der Waals surface area contributed by atoms with Gasteiger partial charge in [-0.15, -0.1) is 0 Å². The third kappa shape index (κ3) is 1.56. The summed E-state index contributed by atoms with van der Waals surface area (Å²) in [7, 11) is 1.40. The standard InChI is InChI=1S/C10H7BrFNO2/c1-13-9(14)4-6-7(10(13)15)2-5(12)3-8(6)11/h2-3H,4H2,1H3. The lowest BCUT2D eigenvalue weighted by atomic mass is 9.99. The maximum Gasteiger partial charge on any atom is 0.260 e. The average molecular weight is 272 g/mol. The summed E-state index contributed by atoms with van der Waals surface area (Å²) in [5.41, 5.74) is 0.813. The van der Waals surface area contributed by atoms with E-state index in [0.717, 1.165) is 11.0 Å². The van der Waals surface area contributed by atoms with Crippen molar-refractivity contribution >= 4 is 27.7 Å². The van der Waals surface area contributed by atoms with Gasteiger partial charge in [-0.05, 0) is 17.7 Å². The van der Waals surface area contributed by atoms with Gasteiger partial charge in [0.1, 0.15) is 5.82 Å². The minimum Gasteiger partial charge on any atom is -0.281 e. The maximum absolute atomic E-state index is 13.1. The summed E-state index contributed by atoms with van der Waals surface area (Å²) in [4.78, 5) is 24.1. The molecule has 0 radical (unpaired) electrons. The van der Waals surface area contributed by atoms with Gasteiger partial charge >= 0.3 is 0 Å². The fraction of sp³-hybridized carbons (Fsp3) is 0.200. The Morgan fingerprint density at radius 2 is 2.07 bits per heavy atom.